The second-order valence-corrected chi connectivity index (χ2v) is 11.0. The number of carbonyl (C=O) groups excluding carboxylic acids is 3. The van der Waals surface area contributed by atoms with Gasteiger partial charge >= 0.3 is 11.9 Å². The molecule has 0 aromatic heterocycles. The summed E-state index contributed by atoms with van der Waals surface area (Å²) >= 11 is 0. The number of esters is 2. The fourth-order valence-corrected chi connectivity index (χ4v) is 4.19. The van der Waals surface area contributed by atoms with Gasteiger partial charge in [0.15, 0.2) is 11.9 Å². The lowest BCUT2D eigenvalue weighted by Crippen LogP contribution is -2.28. The molecule has 0 heterocycles. The third-order valence-electron chi connectivity index (χ3n) is 6.65. The van der Waals surface area contributed by atoms with E-state index in [0.717, 1.165) is 83.0 Å². The Labute approximate surface area is 239 Å². The number of hydrogen-bond acceptors (Lipinski definition) is 6. The predicted molar refractivity (Wildman–Crippen MR) is 159 cm³/mol. The summed E-state index contributed by atoms with van der Waals surface area (Å²) in [5, 5.41) is 9.46. The molecule has 1 N–H and O–H groups in total. The van der Waals surface area contributed by atoms with Crippen LogP contribution in [-0.4, -0.2) is 42.1 Å². The molecule has 6 nitrogen and oxygen atoms in total. The van der Waals surface area contributed by atoms with Gasteiger partial charge < -0.3 is 14.6 Å². The quantitative estimate of drug-likeness (QED) is 0.0480. The second-order valence-electron chi connectivity index (χ2n) is 11.0. The maximum absolute atomic E-state index is 12.1. The first kappa shape index (κ1) is 37.0. The van der Waals surface area contributed by atoms with E-state index in [0.29, 0.717) is 19.3 Å². The molecule has 226 valence electrons. The molecule has 6 heteroatoms. The van der Waals surface area contributed by atoms with E-state index in [1.807, 2.05) is 12.2 Å². The van der Waals surface area contributed by atoms with Crippen LogP contribution in [0.3, 0.4) is 0 Å². The molecule has 0 aromatic carbocycles. The molecule has 0 amide bonds. The van der Waals surface area contributed by atoms with E-state index >= 15 is 0 Å². The van der Waals surface area contributed by atoms with Crippen LogP contribution in [0.25, 0.3) is 0 Å². The van der Waals surface area contributed by atoms with Gasteiger partial charge in [0.25, 0.3) is 0 Å². The topological polar surface area (TPSA) is 89.9 Å². The van der Waals surface area contributed by atoms with Crippen molar-refractivity contribution in [1.29, 1.82) is 0 Å². The molecule has 0 aliphatic carbocycles. The normalized spacial score (nSPS) is 12.4. The van der Waals surface area contributed by atoms with Crippen LogP contribution in [0.4, 0.5) is 0 Å². The van der Waals surface area contributed by atoms with Crippen molar-refractivity contribution in [3.05, 3.63) is 24.3 Å². The minimum Gasteiger partial charge on any atom is -0.462 e. The molecule has 0 aliphatic rings. The summed E-state index contributed by atoms with van der Waals surface area (Å²) in [6, 6.07) is 0. The minimum absolute atomic E-state index is 0.0913. The van der Waals surface area contributed by atoms with Gasteiger partial charge in [0, 0.05) is 19.3 Å². The third-order valence-corrected chi connectivity index (χ3v) is 6.65. The molecule has 1 atom stereocenters. The lowest BCUT2D eigenvalue weighted by Gasteiger charge is -2.15. The second kappa shape index (κ2) is 27.6. The number of ether oxygens (including phenoxy) is 2. The molecule has 0 unspecified atom stereocenters. The van der Waals surface area contributed by atoms with Crippen LogP contribution in [0.15, 0.2) is 24.3 Å². The highest BCUT2D eigenvalue weighted by atomic mass is 16.6. The maximum Gasteiger partial charge on any atom is 0.306 e. The van der Waals surface area contributed by atoms with Crippen molar-refractivity contribution in [3.63, 3.8) is 0 Å². The van der Waals surface area contributed by atoms with Crippen molar-refractivity contribution in [2.45, 2.75) is 149 Å². The summed E-state index contributed by atoms with van der Waals surface area (Å²) in [4.78, 5) is 35.6. The van der Waals surface area contributed by atoms with Crippen molar-refractivity contribution in [2.24, 2.45) is 5.92 Å². The summed E-state index contributed by atoms with van der Waals surface area (Å²) in [5.41, 5.74) is 0. The molecule has 0 spiro atoms. The highest BCUT2D eigenvalue weighted by Gasteiger charge is 2.16. The number of unbranched alkanes of at least 4 members (excludes halogenated alkanes) is 12. The zero-order chi connectivity index (χ0) is 29.0. The number of allylic oxidation sites excluding steroid dienone is 4. The first-order valence-electron chi connectivity index (χ1n) is 15.7. The smallest absolute Gasteiger partial charge is 0.306 e. The Morgan fingerprint density at radius 2 is 1.31 bits per heavy atom. The molecular weight excluding hydrogens is 492 g/mol. The highest BCUT2D eigenvalue weighted by molar-refractivity contribution is 5.89. The fraction of sp³-hybridized carbons (Fsp3) is 0.788. The van der Waals surface area contributed by atoms with Gasteiger partial charge in [0.1, 0.15) is 6.61 Å². The molecular formula is C33H58O6. The Balaban J connectivity index is 3.70. The van der Waals surface area contributed by atoms with Crippen molar-refractivity contribution in [1.82, 2.24) is 0 Å². The van der Waals surface area contributed by atoms with Crippen LogP contribution in [0.1, 0.15) is 143 Å². The van der Waals surface area contributed by atoms with E-state index in [1.165, 1.54) is 25.7 Å². The Morgan fingerprint density at radius 1 is 0.718 bits per heavy atom. The molecule has 0 bridgehead atoms. The van der Waals surface area contributed by atoms with Gasteiger partial charge in [-0.05, 0) is 44.1 Å². The van der Waals surface area contributed by atoms with E-state index in [1.54, 1.807) is 6.08 Å². The number of aliphatic hydroxyl groups excluding tert-OH is 1. The maximum atomic E-state index is 12.1. The van der Waals surface area contributed by atoms with Crippen LogP contribution in [0.2, 0.25) is 0 Å². The summed E-state index contributed by atoms with van der Waals surface area (Å²) in [7, 11) is 0. The van der Waals surface area contributed by atoms with E-state index in [2.05, 4.69) is 26.8 Å². The first-order valence-corrected chi connectivity index (χ1v) is 15.7. The number of rotatable bonds is 27. The molecule has 0 saturated carbocycles. The number of carbonyl (C=O) groups is 3. The molecule has 0 rings (SSSR count). The SMILES string of the molecule is CCCCCC(=O)/C=C/C=C\CCCCCCCC(=O)O[C@@H](CO)COC(=O)CCCCCCCCC(C)C. The van der Waals surface area contributed by atoms with Crippen LogP contribution in [0.5, 0.6) is 0 Å². The molecule has 39 heavy (non-hydrogen) atoms. The van der Waals surface area contributed by atoms with Crippen molar-refractivity contribution in [3.8, 4) is 0 Å². The van der Waals surface area contributed by atoms with Crippen LogP contribution in [0, 0.1) is 5.92 Å². The summed E-state index contributed by atoms with van der Waals surface area (Å²) in [5.74, 6) is 0.304. The molecule has 0 radical (unpaired) electrons. The van der Waals surface area contributed by atoms with Gasteiger partial charge in [0.2, 0.25) is 0 Å². The van der Waals surface area contributed by atoms with Crippen molar-refractivity contribution < 1.29 is 29.0 Å². The van der Waals surface area contributed by atoms with Gasteiger partial charge in [-0.3, -0.25) is 14.4 Å². The molecule has 0 fully saturated rings. The molecule has 0 aromatic rings. The Bertz CT molecular complexity index is 667. The zero-order valence-electron chi connectivity index (χ0n) is 25.3. The Kier molecular flexibility index (Phi) is 26.2. The fourth-order valence-electron chi connectivity index (χ4n) is 4.19. The standard InChI is InChI=1S/C33H58O6/c1-4-5-17-23-30(35)24-19-14-9-7-6-8-10-16-21-26-33(37)39-31(27-34)28-38-32(36)25-20-15-12-11-13-18-22-29(2)3/h9,14,19,24,29,31,34H,4-8,10-13,15-18,20-23,25-28H2,1-3H3/b14-9-,24-19+/t31-/m0/s1. The lowest BCUT2D eigenvalue weighted by molar-refractivity contribution is -0.161. The molecule has 0 saturated heterocycles. The van der Waals surface area contributed by atoms with Crippen molar-refractivity contribution >= 4 is 17.7 Å². The van der Waals surface area contributed by atoms with Gasteiger partial charge in [-0.25, -0.2) is 0 Å². The van der Waals surface area contributed by atoms with E-state index in [9.17, 15) is 19.5 Å². The van der Waals surface area contributed by atoms with Crippen LogP contribution < -0.4 is 0 Å². The first-order chi connectivity index (χ1) is 18.9. The highest BCUT2D eigenvalue weighted by Crippen LogP contribution is 2.13. The van der Waals surface area contributed by atoms with E-state index < -0.39 is 6.10 Å². The van der Waals surface area contributed by atoms with Crippen LogP contribution >= 0.6 is 0 Å². The zero-order valence-corrected chi connectivity index (χ0v) is 25.3. The summed E-state index contributed by atoms with van der Waals surface area (Å²) in [6.45, 7) is 6.18. The van der Waals surface area contributed by atoms with Crippen molar-refractivity contribution in [2.75, 3.05) is 13.2 Å². The number of ketones is 1. The number of aliphatic hydroxyl groups is 1. The van der Waals surface area contributed by atoms with Gasteiger partial charge in [-0.15, -0.1) is 0 Å². The lowest BCUT2D eigenvalue weighted by atomic mass is 10.0. The van der Waals surface area contributed by atoms with E-state index in [-0.39, 0.29) is 30.9 Å². The molecule has 0 aliphatic heterocycles. The van der Waals surface area contributed by atoms with Gasteiger partial charge in [-0.1, -0.05) is 110 Å². The Hall–Kier alpha value is -1.95. The summed E-state index contributed by atoms with van der Waals surface area (Å²) < 4.78 is 10.5. The average molecular weight is 551 g/mol. The monoisotopic (exact) mass is 550 g/mol. The van der Waals surface area contributed by atoms with E-state index in [4.69, 9.17) is 9.47 Å². The average Bonchev–Trinajstić information content (AvgIpc) is 2.91. The predicted octanol–water partition coefficient (Wildman–Crippen LogP) is 8.20. The number of hydrogen-bond donors (Lipinski definition) is 1. The van der Waals surface area contributed by atoms with Gasteiger partial charge in [-0.2, -0.15) is 0 Å². The Morgan fingerprint density at radius 3 is 1.95 bits per heavy atom. The van der Waals surface area contributed by atoms with Crippen LogP contribution in [-0.2, 0) is 23.9 Å². The summed E-state index contributed by atoms with van der Waals surface area (Å²) in [6.07, 6.45) is 25.1. The largest absolute Gasteiger partial charge is 0.462 e. The minimum atomic E-state index is -0.796. The third kappa shape index (κ3) is 27.4. The van der Waals surface area contributed by atoms with Gasteiger partial charge in [0.05, 0.1) is 6.61 Å².